The summed E-state index contributed by atoms with van der Waals surface area (Å²) in [6.07, 6.45) is 5.54. The van der Waals surface area contributed by atoms with E-state index >= 15 is 0 Å². The van der Waals surface area contributed by atoms with Crippen LogP contribution >= 0.6 is 23.1 Å². The Morgan fingerprint density at radius 3 is 2.69 bits per heavy atom. The van der Waals surface area contributed by atoms with Crippen LogP contribution in [0.1, 0.15) is 56.2 Å². The van der Waals surface area contributed by atoms with Crippen LogP contribution in [0.25, 0.3) is 10.4 Å². The predicted octanol–water partition coefficient (Wildman–Crippen LogP) is 6.24. The summed E-state index contributed by atoms with van der Waals surface area (Å²) in [5.41, 5.74) is 3.25. The first-order valence-electron chi connectivity index (χ1n) is 12.5. The lowest BCUT2D eigenvalue weighted by atomic mass is 9.86. The van der Waals surface area contributed by atoms with Gasteiger partial charge < -0.3 is 20.1 Å². The molecular weight excluding hydrogens is 494 g/mol. The normalized spacial score (nSPS) is 20.2. The Morgan fingerprint density at radius 2 is 2.03 bits per heavy atom. The maximum Gasteiger partial charge on any atom is 0.407 e. The minimum absolute atomic E-state index is 0.102. The van der Waals surface area contributed by atoms with E-state index in [1.54, 1.807) is 11.3 Å². The molecule has 8 nitrogen and oxygen atoms in total. The second-order valence-corrected chi connectivity index (χ2v) is 12.2. The SMILES string of the molecule is Cc1cc(Nc2ccc(-c3cnc(C4CCC(NC(=O)OC(C)C)CC4)s3)c(SC3COC3)c2)n[nH]1. The summed E-state index contributed by atoms with van der Waals surface area (Å²) < 4.78 is 10.7. The number of nitrogens with one attached hydrogen (secondary N) is 3. The molecule has 0 bridgehead atoms. The Morgan fingerprint density at radius 1 is 1.22 bits per heavy atom. The van der Waals surface area contributed by atoms with Crippen molar-refractivity contribution in [1.29, 1.82) is 0 Å². The lowest BCUT2D eigenvalue weighted by Gasteiger charge is -2.28. The van der Waals surface area contributed by atoms with E-state index in [4.69, 9.17) is 14.5 Å². The van der Waals surface area contributed by atoms with Crippen molar-refractivity contribution in [3.8, 4) is 10.4 Å². The number of amides is 1. The van der Waals surface area contributed by atoms with Gasteiger partial charge in [0.25, 0.3) is 0 Å². The topological polar surface area (TPSA) is 101 Å². The van der Waals surface area contributed by atoms with E-state index in [2.05, 4.69) is 39.0 Å². The second-order valence-electron chi connectivity index (χ2n) is 9.76. The number of alkyl carbamates (subject to hydrolysis) is 1. The molecule has 3 heterocycles. The van der Waals surface area contributed by atoms with Crippen molar-refractivity contribution in [2.45, 2.75) is 74.7 Å². The minimum Gasteiger partial charge on any atom is -0.447 e. The van der Waals surface area contributed by atoms with Crippen molar-refractivity contribution in [3.63, 3.8) is 0 Å². The number of rotatable bonds is 8. The van der Waals surface area contributed by atoms with E-state index in [0.29, 0.717) is 11.2 Å². The fourth-order valence-corrected chi connectivity index (χ4v) is 6.87. The number of benzene rings is 1. The number of thioether (sulfide) groups is 1. The summed E-state index contributed by atoms with van der Waals surface area (Å²) in [4.78, 5) is 19.2. The van der Waals surface area contributed by atoms with Crippen LogP contribution in [0.3, 0.4) is 0 Å². The van der Waals surface area contributed by atoms with Gasteiger partial charge in [-0.15, -0.1) is 23.1 Å². The number of aromatic nitrogens is 3. The van der Waals surface area contributed by atoms with E-state index < -0.39 is 0 Å². The summed E-state index contributed by atoms with van der Waals surface area (Å²) in [6, 6.07) is 8.66. The van der Waals surface area contributed by atoms with Crippen LogP contribution in [0.4, 0.5) is 16.3 Å². The second kappa shape index (κ2) is 11.2. The van der Waals surface area contributed by atoms with Crippen molar-refractivity contribution in [2.75, 3.05) is 18.5 Å². The molecule has 0 unspecified atom stereocenters. The molecule has 5 rings (SSSR count). The Labute approximate surface area is 220 Å². The first-order valence-corrected chi connectivity index (χ1v) is 14.2. The van der Waals surface area contributed by atoms with Crippen LogP contribution in [0, 0.1) is 6.92 Å². The number of aryl methyl sites for hydroxylation is 1. The average molecular weight is 528 g/mol. The van der Waals surface area contributed by atoms with Gasteiger partial charge in [0.05, 0.1) is 34.5 Å². The zero-order valence-electron chi connectivity index (χ0n) is 20.9. The first kappa shape index (κ1) is 25.1. The number of hydrogen-bond acceptors (Lipinski definition) is 8. The van der Waals surface area contributed by atoms with Crippen molar-refractivity contribution in [1.82, 2.24) is 20.5 Å². The molecule has 0 atom stereocenters. The fourth-order valence-electron chi connectivity index (χ4n) is 4.49. The Bertz CT molecular complexity index is 1180. The molecule has 2 aliphatic rings. The largest absolute Gasteiger partial charge is 0.447 e. The van der Waals surface area contributed by atoms with Crippen LogP contribution in [-0.4, -0.2) is 51.9 Å². The molecule has 2 aromatic heterocycles. The van der Waals surface area contributed by atoms with E-state index in [1.807, 2.05) is 44.8 Å². The third kappa shape index (κ3) is 6.22. The van der Waals surface area contributed by atoms with Gasteiger partial charge in [0.15, 0.2) is 5.82 Å². The van der Waals surface area contributed by atoms with Crippen LogP contribution < -0.4 is 10.6 Å². The summed E-state index contributed by atoms with van der Waals surface area (Å²) in [7, 11) is 0. The molecule has 1 saturated carbocycles. The molecule has 0 radical (unpaired) electrons. The Hall–Kier alpha value is -2.56. The third-order valence-corrected chi connectivity index (χ3v) is 8.78. The van der Waals surface area contributed by atoms with Crippen molar-refractivity contribution in [3.05, 3.63) is 41.2 Å². The number of hydrogen-bond donors (Lipinski definition) is 3. The lowest BCUT2D eigenvalue weighted by molar-refractivity contribution is 0.0455. The van der Waals surface area contributed by atoms with Crippen LogP contribution in [0.2, 0.25) is 0 Å². The predicted molar refractivity (Wildman–Crippen MR) is 144 cm³/mol. The molecule has 1 aliphatic heterocycles. The molecular formula is C26H33N5O3S2. The highest BCUT2D eigenvalue weighted by Crippen LogP contribution is 2.42. The maximum absolute atomic E-state index is 11.9. The molecule has 1 aliphatic carbocycles. The van der Waals surface area contributed by atoms with Gasteiger partial charge in [-0.3, -0.25) is 5.10 Å². The molecule has 3 N–H and O–H groups in total. The molecule has 0 spiro atoms. The van der Waals surface area contributed by atoms with E-state index in [-0.39, 0.29) is 18.2 Å². The number of aromatic amines is 1. The van der Waals surface area contributed by atoms with Crippen LogP contribution in [0.15, 0.2) is 35.4 Å². The smallest absolute Gasteiger partial charge is 0.407 e. The van der Waals surface area contributed by atoms with Crippen molar-refractivity contribution < 1.29 is 14.3 Å². The van der Waals surface area contributed by atoms with Gasteiger partial charge in [-0.1, -0.05) is 6.07 Å². The first-order chi connectivity index (χ1) is 17.4. The summed E-state index contributed by atoms with van der Waals surface area (Å²) in [5, 5.41) is 15.3. The molecule has 36 heavy (non-hydrogen) atoms. The maximum atomic E-state index is 11.9. The Balaban J connectivity index is 1.27. The standard InChI is InChI=1S/C26H33N5O3S2/c1-15(2)34-26(32)29-18-6-4-17(5-7-18)25-27-12-23(36-25)21-9-8-19(28-24-10-16(3)30-31-24)11-22(21)35-20-13-33-14-20/h8-12,15,17-18,20H,4-7,13-14H2,1-3H3,(H,29,32)(H2,28,30,31). The molecule has 1 amide bonds. The van der Waals surface area contributed by atoms with Gasteiger partial charge in [0.1, 0.15) is 0 Å². The van der Waals surface area contributed by atoms with Gasteiger partial charge in [-0.05, 0) is 58.6 Å². The van der Waals surface area contributed by atoms with Crippen molar-refractivity contribution in [2.24, 2.45) is 0 Å². The van der Waals surface area contributed by atoms with Gasteiger partial charge in [-0.2, -0.15) is 5.10 Å². The minimum atomic E-state index is -0.313. The van der Waals surface area contributed by atoms with Crippen LogP contribution in [-0.2, 0) is 9.47 Å². The van der Waals surface area contributed by atoms with Gasteiger partial charge in [0.2, 0.25) is 0 Å². The van der Waals surface area contributed by atoms with Crippen LogP contribution in [0.5, 0.6) is 0 Å². The highest BCUT2D eigenvalue weighted by molar-refractivity contribution is 8.00. The molecule has 10 heteroatoms. The number of anilines is 2. The van der Waals surface area contributed by atoms with Crippen molar-refractivity contribution >= 4 is 40.7 Å². The summed E-state index contributed by atoms with van der Waals surface area (Å²) in [5.74, 6) is 1.24. The number of H-pyrrole nitrogens is 1. The fraction of sp³-hybridized carbons (Fsp3) is 0.500. The Kier molecular flexibility index (Phi) is 7.83. The zero-order valence-corrected chi connectivity index (χ0v) is 22.5. The summed E-state index contributed by atoms with van der Waals surface area (Å²) >= 11 is 3.66. The van der Waals surface area contributed by atoms with Gasteiger partial charge in [0, 0.05) is 46.1 Å². The van der Waals surface area contributed by atoms with Gasteiger partial charge >= 0.3 is 6.09 Å². The van der Waals surface area contributed by atoms with E-state index in [1.165, 1.54) is 20.3 Å². The molecule has 192 valence electrons. The molecule has 3 aromatic rings. The average Bonchev–Trinajstić information content (AvgIpc) is 3.46. The number of ether oxygens (including phenoxy) is 2. The number of nitrogens with zero attached hydrogens (tertiary/aromatic N) is 2. The lowest BCUT2D eigenvalue weighted by Crippen LogP contribution is -2.38. The monoisotopic (exact) mass is 527 g/mol. The third-order valence-electron chi connectivity index (χ3n) is 6.39. The summed E-state index contributed by atoms with van der Waals surface area (Å²) in [6.45, 7) is 7.30. The molecule has 2 fully saturated rings. The van der Waals surface area contributed by atoms with E-state index in [0.717, 1.165) is 56.1 Å². The number of carbonyl (C=O) groups is 1. The highest BCUT2D eigenvalue weighted by Gasteiger charge is 2.27. The molecule has 1 aromatic carbocycles. The number of thiazole rings is 1. The highest BCUT2D eigenvalue weighted by atomic mass is 32.2. The molecule has 1 saturated heterocycles. The van der Waals surface area contributed by atoms with E-state index in [9.17, 15) is 4.79 Å². The number of carbonyl (C=O) groups excluding carboxylic acids is 1. The quantitative estimate of drug-likeness (QED) is 0.319. The zero-order chi connectivity index (χ0) is 25.1. The van der Waals surface area contributed by atoms with Gasteiger partial charge in [-0.25, -0.2) is 9.78 Å².